The van der Waals surface area contributed by atoms with E-state index in [0.29, 0.717) is 17.7 Å². The number of thiazole rings is 1. The molecule has 3 rings (SSSR count). The summed E-state index contributed by atoms with van der Waals surface area (Å²) in [5, 5.41) is 5.63. The van der Waals surface area contributed by atoms with Gasteiger partial charge in [0.15, 0.2) is 5.78 Å². The molecular formula is C18H15N3O2S. The maximum Gasteiger partial charge on any atom is 0.251 e. The van der Waals surface area contributed by atoms with Crippen molar-refractivity contribution in [2.45, 2.75) is 13.5 Å². The molecule has 2 aromatic heterocycles. The van der Waals surface area contributed by atoms with Crippen LogP contribution in [0.25, 0.3) is 11.3 Å². The van der Waals surface area contributed by atoms with Crippen LogP contribution in [0.15, 0.2) is 54.2 Å². The number of hydrogen-bond donors (Lipinski definition) is 1. The van der Waals surface area contributed by atoms with Crippen molar-refractivity contribution >= 4 is 23.0 Å². The van der Waals surface area contributed by atoms with Crippen LogP contribution in [0.2, 0.25) is 0 Å². The molecule has 0 aliphatic carbocycles. The van der Waals surface area contributed by atoms with E-state index in [0.717, 1.165) is 16.3 Å². The van der Waals surface area contributed by atoms with Crippen LogP contribution in [0.5, 0.6) is 0 Å². The van der Waals surface area contributed by atoms with Crippen molar-refractivity contribution in [1.29, 1.82) is 0 Å². The normalized spacial score (nSPS) is 10.4. The highest BCUT2D eigenvalue weighted by Gasteiger charge is 2.09. The minimum absolute atomic E-state index is 0.0200. The number of aromatic nitrogens is 2. The summed E-state index contributed by atoms with van der Waals surface area (Å²) in [5.41, 5.74) is 2.98. The van der Waals surface area contributed by atoms with Gasteiger partial charge in [-0.2, -0.15) is 0 Å². The van der Waals surface area contributed by atoms with Crippen molar-refractivity contribution in [1.82, 2.24) is 15.3 Å². The van der Waals surface area contributed by atoms with Crippen molar-refractivity contribution in [2.75, 3.05) is 0 Å². The summed E-state index contributed by atoms with van der Waals surface area (Å²) < 4.78 is 0. The van der Waals surface area contributed by atoms with E-state index in [1.54, 1.807) is 36.7 Å². The lowest BCUT2D eigenvalue weighted by atomic mass is 10.1. The number of nitrogens with one attached hydrogen (secondary N) is 1. The molecule has 24 heavy (non-hydrogen) atoms. The smallest absolute Gasteiger partial charge is 0.251 e. The zero-order chi connectivity index (χ0) is 16.9. The summed E-state index contributed by atoms with van der Waals surface area (Å²) >= 11 is 1.50. The topological polar surface area (TPSA) is 72.0 Å². The number of pyridine rings is 1. The number of Topliss-reactive ketones (excluding diaryl/α,β-unsaturated/α-hetero) is 1. The quantitative estimate of drug-likeness (QED) is 0.725. The Hall–Kier alpha value is -2.86. The highest BCUT2D eigenvalue weighted by atomic mass is 32.1. The maximum atomic E-state index is 12.1. The van der Waals surface area contributed by atoms with Crippen LogP contribution in [0.4, 0.5) is 0 Å². The molecule has 3 aromatic rings. The molecule has 0 aliphatic rings. The molecule has 1 N–H and O–H groups in total. The number of ketones is 1. The van der Waals surface area contributed by atoms with Crippen molar-refractivity contribution in [2.24, 2.45) is 0 Å². The lowest BCUT2D eigenvalue weighted by Gasteiger charge is -2.04. The standard InChI is InChI=1S/C18H15N3O2S/c1-12(22)13-2-4-15(5-3-13)18(23)20-10-17-21-16(11-24-17)14-6-8-19-9-7-14/h2-9,11H,10H2,1H3,(H,20,23). The molecule has 0 fully saturated rings. The lowest BCUT2D eigenvalue weighted by Crippen LogP contribution is -2.22. The second kappa shape index (κ2) is 7.14. The predicted molar refractivity (Wildman–Crippen MR) is 93.0 cm³/mol. The number of rotatable bonds is 5. The highest BCUT2D eigenvalue weighted by molar-refractivity contribution is 7.09. The fourth-order valence-corrected chi connectivity index (χ4v) is 2.90. The van der Waals surface area contributed by atoms with Crippen molar-refractivity contribution in [3.8, 4) is 11.3 Å². The van der Waals surface area contributed by atoms with Gasteiger partial charge in [-0.1, -0.05) is 12.1 Å². The number of hydrogen-bond acceptors (Lipinski definition) is 5. The van der Waals surface area contributed by atoms with Gasteiger partial charge in [0.1, 0.15) is 5.01 Å². The van der Waals surface area contributed by atoms with E-state index >= 15 is 0 Å². The molecule has 0 radical (unpaired) electrons. The van der Waals surface area contributed by atoms with E-state index in [9.17, 15) is 9.59 Å². The number of carbonyl (C=O) groups excluding carboxylic acids is 2. The van der Waals surface area contributed by atoms with Gasteiger partial charge in [0.25, 0.3) is 5.91 Å². The van der Waals surface area contributed by atoms with Crippen LogP contribution in [-0.2, 0) is 6.54 Å². The van der Waals surface area contributed by atoms with Crippen molar-refractivity contribution in [3.63, 3.8) is 0 Å². The number of nitrogens with zero attached hydrogens (tertiary/aromatic N) is 2. The second-order valence-electron chi connectivity index (χ2n) is 5.18. The number of amides is 1. The van der Waals surface area contributed by atoms with Gasteiger partial charge in [0.2, 0.25) is 0 Å². The fraction of sp³-hybridized carbons (Fsp3) is 0.111. The molecule has 5 nitrogen and oxygen atoms in total. The Morgan fingerprint density at radius 3 is 2.38 bits per heavy atom. The van der Waals surface area contributed by atoms with E-state index in [2.05, 4.69) is 15.3 Å². The molecule has 0 saturated heterocycles. The van der Waals surface area contributed by atoms with Crippen LogP contribution in [0, 0.1) is 0 Å². The molecule has 2 heterocycles. The molecule has 6 heteroatoms. The van der Waals surface area contributed by atoms with Crippen LogP contribution in [0.1, 0.15) is 32.6 Å². The Balaban J connectivity index is 1.62. The largest absolute Gasteiger partial charge is 0.346 e. The first-order valence-electron chi connectivity index (χ1n) is 7.37. The summed E-state index contributed by atoms with van der Waals surface area (Å²) in [7, 11) is 0. The Kier molecular flexibility index (Phi) is 4.77. The van der Waals surface area contributed by atoms with Gasteiger partial charge >= 0.3 is 0 Å². The van der Waals surface area contributed by atoms with E-state index < -0.39 is 0 Å². The SMILES string of the molecule is CC(=O)c1ccc(C(=O)NCc2nc(-c3ccncc3)cs2)cc1. The molecule has 0 atom stereocenters. The molecule has 120 valence electrons. The Bertz CT molecular complexity index is 857. The van der Waals surface area contributed by atoms with E-state index in [1.165, 1.54) is 18.3 Å². The Labute approximate surface area is 143 Å². The zero-order valence-electron chi connectivity index (χ0n) is 13.0. The first kappa shape index (κ1) is 16.0. The number of carbonyl (C=O) groups is 2. The third-order valence-electron chi connectivity index (χ3n) is 3.48. The van der Waals surface area contributed by atoms with Crippen LogP contribution in [-0.4, -0.2) is 21.7 Å². The van der Waals surface area contributed by atoms with Gasteiger partial charge in [-0.05, 0) is 31.2 Å². The van der Waals surface area contributed by atoms with Gasteiger partial charge in [-0.25, -0.2) is 4.98 Å². The van der Waals surface area contributed by atoms with Crippen LogP contribution >= 0.6 is 11.3 Å². The third kappa shape index (κ3) is 3.72. The molecule has 0 bridgehead atoms. The second-order valence-corrected chi connectivity index (χ2v) is 6.12. The summed E-state index contributed by atoms with van der Waals surface area (Å²) in [4.78, 5) is 31.9. The molecule has 0 unspecified atom stereocenters. The first-order valence-corrected chi connectivity index (χ1v) is 8.25. The average Bonchev–Trinajstić information content (AvgIpc) is 3.09. The maximum absolute atomic E-state index is 12.1. The minimum Gasteiger partial charge on any atom is -0.346 e. The van der Waals surface area contributed by atoms with Gasteiger partial charge in [0.05, 0.1) is 12.2 Å². The molecule has 0 aliphatic heterocycles. The van der Waals surface area contributed by atoms with Crippen molar-refractivity contribution in [3.05, 3.63) is 70.3 Å². The Morgan fingerprint density at radius 1 is 1.04 bits per heavy atom. The molecule has 0 saturated carbocycles. The molecule has 0 spiro atoms. The van der Waals surface area contributed by atoms with Gasteiger partial charge in [0, 0.05) is 34.5 Å². The molecule has 1 amide bonds. The van der Waals surface area contributed by atoms with E-state index in [4.69, 9.17) is 0 Å². The van der Waals surface area contributed by atoms with Crippen LogP contribution < -0.4 is 5.32 Å². The first-order chi connectivity index (χ1) is 11.6. The summed E-state index contributed by atoms with van der Waals surface area (Å²) in [6, 6.07) is 10.4. The molecular weight excluding hydrogens is 322 g/mol. The average molecular weight is 337 g/mol. The van der Waals surface area contributed by atoms with E-state index in [1.807, 2.05) is 17.5 Å². The van der Waals surface area contributed by atoms with Gasteiger partial charge < -0.3 is 5.32 Å². The summed E-state index contributed by atoms with van der Waals surface area (Å²) in [6.45, 7) is 1.86. The summed E-state index contributed by atoms with van der Waals surface area (Å²) in [5.74, 6) is -0.209. The fourth-order valence-electron chi connectivity index (χ4n) is 2.16. The van der Waals surface area contributed by atoms with Crippen LogP contribution in [0.3, 0.4) is 0 Å². The Morgan fingerprint density at radius 2 is 1.71 bits per heavy atom. The third-order valence-corrected chi connectivity index (χ3v) is 4.33. The van der Waals surface area contributed by atoms with Gasteiger partial charge in [-0.3, -0.25) is 14.6 Å². The number of benzene rings is 1. The van der Waals surface area contributed by atoms with Gasteiger partial charge in [-0.15, -0.1) is 11.3 Å². The molecule has 1 aromatic carbocycles. The van der Waals surface area contributed by atoms with E-state index in [-0.39, 0.29) is 11.7 Å². The minimum atomic E-state index is -0.189. The summed E-state index contributed by atoms with van der Waals surface area (Å²) in [6.07, 6.45) is 3.45. The van der Waals surface area contributed by atoms with Crippen molar-refractivity contribution < 1.29 is 9.59 Å². The lowest BCUT2D eigenvalue weighted by molar-refractivity contribution is 0.0948. The predicted octanol–water partition coefficient (Wildman–Crippen LogP) is 3.34. The monoisotopic (exact) mass is 337 g/mol. The highest BCUT2D eigenvalue weighted by Crippen LogP contribution is 2.21. The zero-order valence-corrected chi connectivity index (χ0v) is 13.8.